The van der Waals surface area contributed by atoms with E-state index in [9.17, 15) is 4.39 Å². The first kappa shape index (κ1) is 21.5. The minimum Gasteiger partial charge on any atom is -0.356 e. The summed E-state index contributed by atoms with van der Waals surface area (Å²) in [6, 6.07) is 16.5. The number of para-hydroxylation sites is 2. The SMILES string of the molecule is CN=C(NCCCn1c(C)nc2ccccc21)NCCc1ccn(-c2ccc(F)cc2)n1. The summed E-state index contributed by atoms with van der Waals surface area (Å²) in [6.45, 7) is 4.47. The van der Waals surface area contributed by atoms with E-state index >= 15 is 0 Å². The lowest BCUT2D eigenvalue weighted by atomic mass is 10.3. The van der Waals surface area contributed by atoms with Gasteiger partial charge in [-0.25, -0.2) is 14.1 Å². The molecular formula is C24H28FN7. The maximum absolute atomic E-state index is 13.1. The molecule has 0 aliphatic rings. The van der Waals surface area contributed by atoms with Crippen LogP contribution in [0.1, 0.15) is 17.9 Å². The fourth-order valence-electron chi connectivity index (χ4n) is 3.68. The summed E-state index contributed by atoms with van der Waals surface area (Å²) in [7, 11) is 1.77. The summed E-state index contributed by atoms with van der Waals surface area (Å²) < 4.78 is 17.1. The third kappa shape index (κ3) is 5.14. The molecule has 0 atom stereocenters. The number of nitrogens with one attached hydrogen (secondary N) is 2. The molecule has 2 heterocycles. The number of nitrogens with zero attached hydrogens (tertiary/aromatic N) is 5. The van der Waals surface area contributed by atoms with Crippen molar-refractivity contribution in [2.45, 2.75) is 26.3 Å². The zero-order valence-electron chi connectivity index (χ0n) is 18.4. The normalized spacial score (nSPS) is 11.8. The second-order valence-electron chi connectivity index (χ2n) is 7.56. The Kier molecular flexibility index (Phi) is 6.79. The quantitative estimate of drug-likeness (QED) is 0.254. The molecule has 0 aliphatic carbocycles. The van der Waals surface area contributed by atoms with E-state index in [1.165, 1.54) is 17.6 Å². The first-order chi connectivity index (χ1) is 15.6. The van der Waals surface area contributed by atoms with Gasteiger partial charge in [0.05, 0.1) is 22.4 Å². The van der Waals surface area contributed by atoms with Crippen LogP contribution in [0.4, 0.5) is 4.39 Å². The molecule has 7 nitrogen and oxygen atoms in total. The van der Waals surface area contributed by atoms with Crippen LogP contribution in [0.2, 0.25) is 0 Å². The number of hydrogen-bond donors (Lipinski definition) is 2. The molecule has 0 unspecified atom stereocenters. The molecule has 32 heavy (non-hydrogen) atoms. The first-order valence-electron chi connectivity index (χ1n) is 10.8. The Hall–Kier alpha value is -3.68. The number of imidazole rings is 1. The van der Waals surface area contributed by atoms with E-state index in [0.717, 1.165) is 54.6 Å². The molecule has 0 radical (unpaired) electrons. The highest BCUT2D eigenvalue weighted by Gasteiger charge is 2.07. The molecule has 0 aliphatic heterocycles. The summed E-state index contributed by atoms with van der Waals surface area (Å²) in [4.78, 5) is 8.92. The minimum absolute atomic E-state index is 0.252. The van der Waals surface area contributed by atoms with Crippen molar-refractivity contribution < 1.29 is 4.39 Å². The maximum atomic E-state index is 13.1. The van der Waals surface area contributed by atoms with E-state index < -0.39 is 0 Å². The molecule has 0 saturated heterocycles. The second kappa shape index (κ2) is 10.1. The van der Waals surface area contributed by atoms with Gasteiger partial charge in [-0.1, -0.05) is 12.1 Å². The number of aliphatic imine (C=N–C) groups is 1. The lowest BCUT2D eigenvalue weighted by molar-refractivity contribution is 0.624. The smallest absolute Gasteiger partial charge is 0.190 e. The molecule has 0 bridgehead atoms. The van der Waals surface area contributed by atoms with Crippen LogP contribution in [0.25, 0.3) is 16.7 Å². The highest BCUT2D eigenvalue weighted by Crippen LogP contribution is 2.15. The van der Waals surface area contributed by atoms with E-state index in [2.05, 4.69) is 36.3 Å². The predicted molar refractivity (Wildman–Crippen MR) is 126 cm³/mol. The van der Waals surface area contributed by atoms with Gasteiger partial charge >= 0.3 is 0 Å². The monoisotopic (exact) mass is 433 g/mol. The number of aromatic nitrogens is 4. The fraction of sp³-hybridized carbons (Fsp3) is 0.292. The van der Waals surface area contributed by atoms with Crippen LogP contribution in [-0.4, -0.2) is 45.4 Å². The van der Waals surface area contributed by atoms with Crippen LogP contribution in [-0.2, 0) is 13.0 Å². The molecular weight excluding hydrogens is 405 g/mol. The van der Waals surface area contributed by atoms with Gasteiger partial charge < -0.3 is 15.2 Å². The van der Waals surface area contributed by atoms with Gasteiger partial charge in [0.15, 0.2) is 5.96 Å². The molecule has 0 amide bonds. The van der Waals surface area contributed by atoms with Crippen LogP contribution in [0, 0.1) is 12.7 Å². The summed E-state index contributed by atoms with van der Waals surface area (Å²) in [5.74, 6) is 1.56. The van der Waals surface area contributed by atoms with Gasteiger partial charge in [-0.15, -0.1) is 0 Å². The number of benzene rings is 2. The van der Waals surface area contributed by atoms with Crippen LogP contribution >= 0.6 is 0 Å². The Morgan fingerprint density at radius 2 is 1.81 bits per heavy atom. The van der Waals surface area contributed by atoms with Crippen molar-refractivity contribution in [3.63, 3.8) is 0 Å². The van der Waals surface area contributed by atoms with Gasteiger partial charge in [0.25, 0.3) is 0 Å². The third-order valence-electron chi connectivity index (χ3n) is 5.33. The summed E-state index contributed by atoms with van der Waals surface area (Å²) in [5, 5.41) is 11.3. The van der Waals surface area contributed by atoms with Crippen molar-refractivity contribution in [1.29, 1.82) is 0 Å². The Balaban J connectivity index is 1.21. The topological polar surface area (TPSA) is 72.1 Å². The highest BCUT2D eigenvalue weighted by molar-refractivity contribution is 5.79. The van der Waals surface area contributed by atoms with E-state index in [-0.39, 0.29) is 5.82 Å². The van der Waals surface area contributed by atoms with Crippen LogP contribution in [0.3, 0.4) is 0 Å². The Morgan fingerprint density at radius 1 is 1.03 bits per heavy atom. The van der Waals surface area contributed by atoms with Crippen molar-refractivity contribution in [2.75, 3.05) is 20.1 Å². The molecule has 166 valence electrons. The molecule has 0 spiro atoms. The van der Waals surface area contributed by atoms with Gasteiger partial charge in [-0.3, -0.25) is 4.99 Å². The third-order valence-corrected chi connectivity index (χ3v) is 5.33. The van der Waals surface area contributed by atoms with Crippen molar-refractivity contribution >= 4 is 17.0 Å². The number of guanidine groups is 1. The molecule has 2 aromatic carbocycles. The molecule has 0 fully saturated rings. The zero-order valence-corrected chi connectivity index (χ0v) is 18.4. The molecule has 2 aromatic heterocycles. The average Bonchev–Trinajstić information content (AvgIpc) is 3.40. The van der Waals surface area contributed by atoms with Gasteiger partial charge in [0.2, 0.25) is 0 Å². The Morgan fingerprint density at radius 3 is 2.62 bits per heavy atom. The van der Waals surface area contributed by atoms with Gasteiger partial charge in [-0.05, 0) is 55.8 Å². The molecule has 2 N–H and O–H groups in total. The first-order valence-corrected chi connectivity index (χ1v) is 10.8. The van der Waals surface area contributed by atoms with Crippen molar-refractivity contribution in [3.8, 4) is 5.69 Å². The molecule has 4 aromatic rings. The number of hydrogen-bond acceptors (Lipinski definition) is 3. The van der Waals surface area contributed by atoms with Gasteiger partial charge in [0.1, 0.15) is 11.6 Å². The second-order valence-corrected chi connectivity index (χ2v) is 7.56. The number of aryl methyl sites for hydroxylation is 2. The lowest BCUT2D eigenvalue weighted by Crippen LogP contribution is -2.39. The minimum atomic E-state index is -0.252. The summed E-state index contributed by atoms with van der Waals surface area (Å²) >= 11 is 0. The summed E-state index contributed by atoms with van der Waals surface area (Å²) in [6.07, 6.45) is 3.61. The van der Waals surface area contributed by atoms with Crippen LogP contribution in [0.15, 0.2) is 65.8 Å². The van der Waals surface area contributed by atoms with Crippen molar-refractivity contribution in [3.05, 3.63) is 78.1 Å². The van der Waals surface area contributed by atoms with E-state index in [1.54, 1.807) is 23.9 Å². The van der Waals surface area contributed by atoms with E-state index in [1.807, 2.05) is 37.4 Å². The average molecular weight is 434 g/mol. The van der Waals surface area contributed by atoms with Crippen LogP contribution in [0.5, 0.6) is 0 Å². The Bertz CT molecular complexity index is 1190. The van der Waals surface area contributed by atoms with Gasteiger partial charge in [0, 0.05) is 39.3 Å². The molecule has 0 saturated carbocycles. The zero-order chi connectivity index (χ0) is 22.3. The number of fused-ring (bicyclic) bond motifs is 1. The standard InChI is InChI=1S/C24H28FN7/c1-18-29-22-6-3-4-7-23(22)31(18)16-5-14-27-24(26-2)28-15-12-20-13-17-32(30-20)21-10-8-19(25)9-11-21/h3-4,6-11,13,17H,5,12,14-16H2,1-2H3,(H2,26,27,28). The van der Waals surface area contributed by atoms with E-state index in [0.29, 0.717) is 6.54 Å². The summed E-state index contributed by atoms with van der Waals surface area (Å²) in [5.41, 5.74) is 4.01. The Labute approximate surface area is 187 Å². The van der Waals surface area contributed by atoms with Gasteiger partial charge in [-0.2, -0.15) is 5.10 Å². The van der Waals surface area contributed by atoms with Crippen molar-refractivity contribution in [1.82, 2.24) is 30.0 Å². The largest absolute Gasteiger partial charge is 0.356 e. The number of rotatable bonds is 8. The molecule has 4 rings (SSSR count). The maximum Gasteiger partial charge on any atom is 0.190 e. The highest BCUT2D eigenvalue weighted by atomic mass is 19.1. The lowest BCUT2D eigenvalue weighted by Gasteiger charge is -2.12. The van der Waals surface area contributed by atoms with Crippen molar-refractivity contribution in [2.24, 2.45) is 4.99 Å². The fourth-order valence-corrected chi connectivity index (χ4v) is 3.68. The molecule has 8 heteroatoms. The van der Waals surface area contributed by atoms with Crippen LogP contribution < -0.4 is 10.6 Å². The number of halogens is 1. The predicted octanol–water partition coefficient (Wildman–Crippen LogP) is 3.47. The van der Waals surface area contributed by atoms with E-state index in [4.69, 9.17) is 0 Å².